The highest BCUT2D eigenvalue weighted by Gasteiger charge is 2.47. The number of fused-ring (bicyclic) bond motifs is 1. The monoisotopic (exact) mass is 661 g/mol. The summed E-state index contributed by atoms with van der Waals surface area (Å²) in [5, 5.41) is 14.5. The van der Waals surface area contributed by atoms with E-state index in [1.807, 2.05) is 0 Å². The van der Waals surface area contributed by atoms with Gasteiger partial charge in [0.1, 0.15) is 24.2 Å². The van der Waals surface area contributed by atoms with Crippen LogP contribution in [0, 0.1) is 5.82 Å². The Labute approximate surface area is 271 Å². The van der Waals surface area contributed by atoms with Crippen LogP contribution in [0.25, 0.3) is 11.3 Å². The Kier molecular flexibility index (Phi) is 10.1. The molecule has 4 fully saturated rings. The Morgan fingerprint density at radius 3 is 2.36 bits per heavy atom. The van der Waals surface area contributed by atoms with E-state index in [0.29, 0.717) is 63.0 Å². The molecule has 3 saturated heterocycles. The number of aromatic nitrogens is 3. The van der Waals surface area contributed by atoms with Gasteiger partial charge in [-0.25, -0.2) is 17.9 Å². The Hall–Kier alpha value is -3.56. The molecule has 4 heterocycles. The maximum atomic E-state index is 14.2. The summed E-state index contributed by atoms with van der Waals surface area (Å²) in [7, 11) is 0. The first-order valence-corrected chi connectivity index (χ1v) is 16.4. The van der Waals surface area contributed by atoms with Gasteiger partial charge in [0, 0.05) is 50.6 Å². The van der Waals surface area contributed by atoms with Gasteiger partial charge in [-0.05, 0) is 56.4 Å². The predicted octanol–water partition coefficient (Wildman–Crippen LogP) is 2.31. The topological polar surface area (TPSA) is 131 Å². The van der Waals surface area contributed by atoms with Gasteiger partial charge in [-0.3, -0.25) is 14.4 Å². The van der Waals surface area contributed by atoms with Crippen molar-refractivity contribution in [3.05, 3.63) is 36.3 Å². The quantitative estimate of drug-likeness (QED) is 0.513. The van der Waals surface area contributed by atoms with Gasteiger partial charge in [-0.1, -0.05) is 5.21 Å². The lowest BCUT2D eigenvalue weighted by atomic mass is 9.81. The Bertz CT molecular complexity index is 1410. The molecule has 4 aliphatic rings. The molecular formula is C32H42F3N7O5. The van der Waals surface area contributed by atoms with Crippen molar-refractivity contribution in [3.8, 4) is 11.3 Å². The van der Waals surface area contributed by atoms with E-state index in [-0.39, 0.29) is 81.8 Å². The second-order valence-electron chi connectivity index (χ2n) is 13.1. The fraction of sp³-hybridized carbons (Fsp3) is 0.656. The van der Waals surface area contributed by atoms with Crippen LogP contribution in [0.2, 0.25) is 0 Å². The zero-order valence-electron chi connectivity index (χ0n) is 26.3. The third-order valence-electron chi connectivity index (χ3n) is 9.95. The molecule has 1 aromatic heterocycles. The molecule has 3 amide bonds. The van der Waals surface area contributed by atoms with Gasteiger partial charge in [0.05, 0.1) is 44.0 Å². The van der Waals surface area contributed by atoms with Crippen molar-refractivity contribution in [2.75, 3.05) is 52.6 Å². The van der Waals surface area contributed by atoms with Gasteiger partial charge < -0.3 is 29.9 Å². The van der Waals surface area contributed by atoms with Crippen LogP contribution in [-0.4, -0.2) is 119 Å². The van der Waals surface area contributed by atoms with E-state index < -0.39 is 23.5 Å². The van der Waals surface area contributed by atoms with E-state index in [0.717, 1.165) is 0 Å². The number of nitrogens with zero attached hydrogens (tertiary/aromatic N) is 5. The van der Waals surface area contributed by atoms with Crippen LogP contribution in [0.5, 0.6) is 0 Å². The summed E-state index contributed by atoms with van der Waals surface area (Å²) in [5.41, 5.74) is 0.287. The molecule has 256 valence electrons. The van der Waals surface area contributed by atoms with E-state index >= 15 is 0 Å². The minimum Gasteiger partial charge on any atom is -0.377 e. The summed E-state index contributed by atoms with van der Waals surface area (Å²) in [4.78, 5) is 44.7. The zero-order valence-corrected chi connectivity index (χ0v) is 26.3. The second kappa shape index (κ2) is 14.3. The number of halogens is 3. The summed E-state index contributed by atoms with van der Waals surface area (Å²) < 4.78 is 53.8. The third-order valence-corrected chi connectivity index (χ3v) is 9.95. The normalized spacial score (nSPS) is 27.0. The molecule has 0 bridgehead atoms. The summed E-state index contributed by atoms with van der Waals surface area (Å²) >= 11 is 0. The zero-order chi connectivity index (χ0) is 33.0. The molecule has 1 saturated carbocycles. The van der Waals surface area contributed by atoms with Gasteiger partial charge >= 0.3 is 0 Å². The molecule has 12 nitrogen and oxygen atoms in total. The van der Waals surface area contributed by atoms with Crippen molar-refractivity contribution in [2.45, 2.75) is 81.0 Å². The minimum absolute atomic E-state index is 0.0207. The third kappa shape index (κ3) is 7.95. The number of nitrogens with one attached hydrogen (secondary N) is 2. The molecule has 1 aliphatic carbocycles. The van der Waals surface area contributed by atoms with E-state index in [4.69, 9.17) is 9.47 Å². The molecule has 47 heavy (non-hydrogen) atoms. The van der Waals surface area contributed by atoms with Crippen LogP contribution in [-0.2, 0) is 23.9 Å². The molecule has 1 spiro atoms. The number of alkyl halides is 2. The van der Waals surface area contributed by atoms with Crippen molar-refractivity contribution >= 4 is 17.7 Å². The largest absolute Gasteiger partial charge is 0.377 e. The smallest absolute Gasteiger partial charge is 0.248 e. The molecule has 2 atom stereocenters. The number of carbonyl (C=O) groups excluding carboxylic acids is 3. The summed E-state index contributed by atoms with van der Waals surface area (Å²) in [6.07, 6.45) is 3.60. The molecule has 2 aromatic rings. The Balaban J connectivity index is 1.21. The first kappa shape index (κ1) is 33.3. The fourth-order valence-corrected chi connectivity index (χ4v) is 7.35. The van der Waals surface area contributed by atoms with Crippen molar-refractivity contribution < 1.29 is 37.0 Å². The first-order chi connectivity index (χ1) is 22.6. The summed E-state index contributed by atoms with van der Waals surface area (Å²) in [5.74, 6) is -3.97. The number of carbonyl (C=O) groups is 3. The summed E-state index contributed by atoms with van der Waals surface area (Å²) in [6.45, 7) is 2.08. The van der Waals surface area contributed by atoms with Crippen LogP contribution in [0.3, 0.4) is 0 Å². The van der Waals surface area contributed by atoms with Crippen molar-refractivity contribution in [2.24, 2.45) is 0 Å². The standard InChI is InChI=1S/C32H42F3N7O5/c33-23-3-1-22(2-4-23)25-20-42(39-38-25)26-7-13-41-28(44)19-31(10-14-40(15-11-31)24-5-8-32(34,35)9-6-24)37-27(43)21-47-18-17-46-16-12-36-30(45)29(26)41/h1-4,20,24,26,29H,5-19,21H2,(H,36,45)(H,37,43)/t26-,29+/m1/s1. The highest BCUT2D eigenvalue weighted by atomic mass is 19.3. The highest BCUT2D eigenvalue weighted by molar-refractivity contribution is 5.89. The van der Waals surface area contributed by atoms with Crippen LogP contribution < -0.4 is 10.6 Å². The number of amides is 3. The van der Waals surface area contributed by atoms with Gasteiger partial charge in [-0.15, -0.1) is 5.10 Å². The molecule has 0 unspecified atom stereocenters. The van der Waals surface area contributed by atoms with Crippen LogP contribution >= 0.6 is 0 Å². The molecule has 0 radical (unpaired) electrons. The number of benzene rings is 1. The number of piperidine rings is 1. The van der Waals surface area contributed by atoms with Crippen molar-refractivity contribution in [1.82, 2.24) is 35.4 Å². The average Bonchev–Trinajstić information content (AvgIpc) is 3.71. The molecular weight excluding hydrogens is 619 g/mol. The van der Waals surface area contributed by atoms with Crippen LogP contribution in [0.15, 0.2) is 30.5 Å². The Morgan fingerprint density at radius 2 is 1.62 bits per heavy atom. The van der Waals surface area contributed by atoms with Gasteiger partial charge in [0.15, 0.2) is 0 Å². The maximum absolute atomic E-state index is 14.2. The maximum Gasteiger partial charge on any atom is 0.248 e. The lowest BCUT2D eigenvalue weighted by molar-refractivity contribution is -0.142. The average molecular weight is 662 g/mol. The molecule has 6 rings (SSSR count). The van der Waals surface area contributed by atoms with Gasteiger partial charge in [0.2, 0.25) is 23.6 Å². The number of hydrogen-bond donors (Lipinski definition) is 2. The van der Waals surface area contributed by atoms with Gasteiger partial charge in [0.25, 0.3) is 0 Å². The number of rotatable bonds is 3. The molecule has 15 heteroatoms. The lowest BCUT2D eigenvalue weighted by Gasteiger charge is -2.46. The molecule has 3 aliphatic heterocycles. The van der Waals surface area contributed by atoms with E-state index in [2.05, 4.69) is 25.8 Å². The lowest BCUT2D eigenvalue weighted by Crippen LogP contribution is -2.60. The summed E-state index contributed by atoms with van der Waals surface area (Å²) in [6, 6.07) is 4.51. The highest BCUT2D eigenvalue weighted by Crippen LogP contribution is 2.38. The van der Waals surface area contributed by atoms with Crippen LogP contribution in [0.4, 0.5) is 13.2 Å². The fourth-order valence-electron chi connectivity index (χ4n) is 7.35. The van der Waals surface area contributed by atoms with Gasteiger partial charge in [-0.2, -0.15) is 0 Å². The van der Waals surface area contributed by atoms with Crippen molar-refractivity contribution in [3.63, 3.8) is 0 Å². The first-order valence-electron chi connectivity index (χ1n) is 16.4. The molecule has 2 N–H and O–H groups in total. The number of hydrogen-bond acceptors (Lipinski definition) is 8. The predicted molar refractivity (Wildman–Crippen MR) is 163 cm³/mol. The minimum atomic E-state index is -2.62. The SMILES string of the molecule is O=C1COCCOCCNC(=O)[C@@H]2[C@H](n3cc(-c4ccc(F)cc4)nn3)CCN2C(=O)CC2(CCN(C3CCC(F)(F)CC3)CC2)N1. The second-order valence-corrected chi connectivity index (χ2v) is 13.1. The van der Waals surface area contributed by atoms with E-state index in [1.54, 1.807) is 27.9 Å². The number of ether oxygens (including phenoxy) is 2. The Morgan fingerprint density at radius 1 is 0.894 bits per heavy atom. The van der Waals surface area contributed by atoms with Crippen molar-refractivity contribution in [1.29, 1.82) is 0 Å². The number of likely N-dealkylation sites (tertiary alicyclic amines) is 1. The molecule has 1 aromatic carbocycles. The van der Waals surface area contributed by atoms with E-state index in [1.165, 1.54) is 12.1 Å². The van der Waals surface area contributed by atoms with Crippen LogP contribution in [0.1, 0.15) is 57.4 Å². The van der Waals surface area contributed by atoms with E-state index in [9.17, 15) is 27.6 Å².